The van der Waals surface area contributed by atoms with Crippen LogP contribution in [-0.4, -0.2) is 24.0 Å². The highest BCUT2D eigenvalue weighted by Gasteiger charge is 2.15. The average Bonchev–Trinajstić information content (AvgIpc) is 2.13. The topological polar surface area (TPSA) is 32.3 Å². The van der Waals surface area contributed by atoms with Gasteiger partial charge in [0.25, 0.3) is 0 Å². The Labute approximate surface area is 83.7 Å². The van der Waals surface area contributed by atoms with E-state index in [4.69, 9.17) is 0 Å². The molecule has 3 heteroatoms. The minimum atomic E-state index is 0.0795. The van der Waals surface area contributed by atoms with Gasteiger partial charge in [-0.1, -0.05) is 30.3 Å². The zero-order chi connectivity index (χ0) is 9.80. The van der Waals surface area contributed by atoms with Gasteiger partial charge in [-0.3, -0.25) is 10.2 Å². The monoisotopic (exact) mass is 190 g/mol. The van der Waals surface area contributed by atoms with E-state index in [0.29, 0.717) is 6.42 Å². The van der Waals surface area contributed by atoms with Crippen molar-refractivity contribution in [1.82, 2.24) is 10.4 Å². The van der Waals surface area contributed by atoms with Crippen molar-refractivity contribution in [2.24, 2.45) is 0 Å². The summed E-state index contributed by atoms with van der Waals surface area (Å²) in [7, 11) is 0. The second kappa shape index (κ2) is 4.24. The van der Waals surface area contributed by atoms with Crippen molar-refractivity contribution in [2.75, 3.05) is 13.1 Å². The summed E-state index contributed by atoms with van der Waals surface area (Å²) < 4.78 is 0. The third kappa shape index (κ3) is 2.33. The van der Waals surface area contributed by atoms with Crippen LogP contribution in [0.1, 0.15) is 12.0 Å². The van der Waals surface area contributed by atoms with Crippen molar-refractivity contribution in [3.05, 3.63) is 35.9 Å². The van der Waals surface area contributed by atoms with Crippen molar-refractivity contribution in [1.29, 1.82) is 0 Å². The number of carbonyl (C=O) groups is 1. The van der Waals surface area contributed by atoms with Crippen molar-refractivity contribution in [3.63, 3.8) is 0 Å². The van der Waals surface area contributed by atoms with E-state index in [1.165, 1.54) is 6.42 Å². The van der Waals surface area contributed by atoms with Gasteiger partial charge in [0.2, 0.25) is 5.91 Å². The molecule has 0 spiro atoms. The summed E-state index contributed by atoms with van der Waals surface area (Å²) in [5.74, 6) is 0.0795. The fourth-order valence-corrected chi connectivity index (χ4v) is 1.43. The first-order chi connectivity index (χ1) is 6.84. The molecule has 1 amide bonds. The Morgan fingerprint density at radius 2 is 2.00 bits per heavy atom. The molecule has 0 atom stereocenters. The van der Waals surface area contributed by atoms with Crippen molar-refractivity contribution in [2.45, 2.75) is 12.8 Å². The summed E-state index contributed by atoms with van der Waals surface area (Å²) in [6.45, 7) is 1.97. The molecule has 0 saturated carbocycles. The lowest BCUT2D eigenvalue weighted by Gasteiger charge is -2.30. The van der Waals surface area contributed by atoms with E-state index in [1.54, 1.807) is 0 Å². The van der Waals surface area contributed by atoms with Crippen LogP contribution in [0, 0.1) is 0 Å². The smallest absolute Gasteiger partial charge is 0.238 e. The van der Waals surface area contributed by atoms with Gasteiger partial charge in [-0.05, 0) is 12.0 Å². The zero-order valence-electron chi connectivity index (χ0n) is 8.07. The normalized spacial score (nSPS) is 16.0. The molecule has 74 valence electrons. The predicted octanol–water partition coefficient (Wildman–Crippen LogP) is 0.966. The quantitative estimate of drug-likeness (QED) is 0.770. The summed E-state index contributed by atoms with van der Waals surface area (Å²) in [6, 6.07) is 9.79. The number of hydrazine groups is 1. The highest BCUT2D eigenvalue weighted by molar-refractivity contribution is 5.78. The molecule has 14 heavy (non-hydrogen) atoms. The second-order valence-electron chi connectivity index (χ2n) is 3.54. The Kier molecular flexibility index (Phi) is 2.79. The molecule has 3 nitrogen and oxygen atoms in total. The molecule has 1 fully saturated rings. The minimum absolute atomic E-state index is 0.0795. The van der Waals surface area contributed by atoms with E-state index < -0.39 is 0 Å². The summed E-state index contributed by atoms with van der Waals surface area (Å²) >= 11 is 0. The van der Waals surface area contributed by atoms with Gasteiger partial charge in [-0.25, -0.2) is 5.01 Å². The van der Waals surface area contributed by atoms with Gasteiger partial charge < -0.3 is 0 Å². The number of carbonyl (C=O) groups excluding carboxylic acids is 1. The fraction of sp³-hybridized carbons (Fsp3) is 0.364. The van der Waals surface area contributed by atoms with Crippen LogP contribution in [0.3, 0.4) is 0 Å². The van der Waals surface area contributed by atoms with Crippen LogP contribution in [0.5, 0.6) is 0 Å². The first-order valence-electron chi connectivity index (χ1n) is 4.93. The zero-order valence-corrected chi connectivity index (χ0v) is 8.07. The lowest BCUT2D eigenvalue weighted by atomic mass is 10.1. The molecule has 1 saturated heterocycles. The van der Waals surface area contributed by atoms with Gasteiger partial charge in [0.15, 0.2) is 0 Å². The molecule has 1 heterocycles. The summed E-state index contributed by atoms with van der Waals surface area (Å²) in [5.41, 5.74) is 3.92. The minimum Gasteiger partial charge on any atom is -0.289 e. The Balaban J connectivity index is 1.82. The third-order valence-corrected chi connectivity index (χ3v) is 2.35. The van der Waals surface area contributed by atoms with E-state index >= 15 is 0 Å². The first-order valence-corrected chi connectivity index (χ1v) is 4.93. The van der Waals surface area contributed by atoms with Crippen LogP contribution >= 0.6 is 0 Å². The molecule has 1 aliphatic rings. The Bertz CT molecular complexity index is 306. The predicted molar refractivity (Wildman–Crippen MR) is 54.5 cm³/mol. The molecule has 2 rings (SSSR count). The highest BCUT2D eigenvalue weighted by atomic mass is 16.2. The maximum Gasteiger partial charge on any atom is 0.238 e. The van der Waals surface area contributed by atoms with Gasteiger partial charge in [-0.15, -0.1) is 0 Å². The molecule has 0 aliphatic carbocycles. The number of nitrogens with zero attached hydrogens (tertiary/aromatic N) is 1. The van der Waals surface area contributed by atoms with Crippen molar-refractivity contribution in [3.8, 4) is 0 Å². The van der Waals surface area contributed by atoms with E-state index in [0.717, 1.165) is 18.7 Å². The number of rotatable bonds is 3. The van der Waals surface area contributed by atoms with Crippen LogP contribution < -0.4 is 5.43 Å². The lowest BCUT2D eigenvalue weighted by Crippen LogP contribution is -2.50. The Morgan fingerprint density at radius 1 is 1.29 bits per heavy atom. The van der Waals surface area contributed by atoms with Gasteiger partial charge in [-0.2, -0.15) is 0 Å². The molecule has 1 aromatic carbocycles. The summed E-state index contributed by atoms with van der Waals surface area (Å²) in [6.07, 6.45) is 1.66. The molecule has 1 aliphatic heterocycles. The van der Waals surface area contributed by atoms with Crippen molar-refractivity contribution >= 4 is 5.91 Å². The standard InChI is InChI=1S/C11H14N2O/c14-11(12-13-7-4-8-13)9-10-5-2-1-3-6-10/h1-3,5-6H,4,7-9H2,(H,12,14). The molecule has 1 N–H and O–H groups in total. The van der Waals surface area contributed by atoms with Crippen LogP contribution in [0.4, 0.5) is 0 Å². The number of amides is 1. The first kappa shape index (κ1) is 9.21. The van der Waals surface area contributed by atoms with Crippen molar-refractivity contribution < 1.29 is 4.79 Å². The number of hydrogen-bond acceptors (Lipinski definition) is 2. The Morgan fingerprint density at radius 3 is 2.57 bits per heavy atom. The maximum absolute atomic E-state index is 11.5. The van der Waals surface area contributed by atoms with Gasteiger partial charge in [0, 0.05) is 13.1 Å². The van der Waals surface area contributed by atoms with E-state index in [-0.39, 0.29) is 5.91 Å². The largest absolute Gasteiger partial charge is 0.289 e. The van der Waals surface area contributed by atoms with Crippen LogP contribution in [0.15, 0.2) is 30.3 Å². The molecule has 0 unspecified atom stereocenters. The van der Waals surface area contributed by atoms with Crippen LogP contribution in [-0.2, 0) is 11.2 Å². The molecule has 0 radical (unpaired) electrons. The van der Waals surface area contributed by atoms with E-state index in [1.807, 2.05) is 35.3 Å². The van der Waals surface area contributed by atoms with Gasteiger partial charge in [0.1, 0.15) is 0 Å². The number of nitrogens with one attached hydrogen (secondary N) is 1. The molecular formula is C11H14N2O. The molecule has 0 bridgehead atoms. The SMILES string of the molecule is O=C(Cc1ccccc1)NN1CCC1. The molecular weight excluding hydrogens is 176 g/mol. The van der Waals surface area contributed by atoms with Gasteiger partial charge in [0.05, 0.1) is 6.42 Å². The summed E-state index contributed by atoms with van der Waals surface area (Å²) in [4.78, 5) is 11.5. The number of benzene rings is 1. The lowest BCUT2D eigenvalue weighted by molar-refractivity contribution is -0.126. The van der Waals surface area contributed by atoms with Gasteiger partial charge >= 0.3 is 0 Å². The third-order valence-electron chi connectivity index (χ3n) is 2.35. The van der Waals surface area contributed by atoms with Crippen LogP contribution in [0.25, 0.3) is 0 Å². The fourth-order valence-electron chi connectivity index (χ4n) is 1.43. The number of hydrogen-bond donors (Lipinski definition) is 1. The molecule has 0 aromatic heterocycles. The summed E-state index contributed by atoms with van der Waals surface area (Å²) in [5, 5.41) is 1.95. The Hall–Kier alpha value is -1.35. The maximum atomic E-state index is 11.5. The highest BCUT2D eigenvalue weighted by Crippen LogP contribution is 2.03. The van der Waals surface area contributed by atoms with E-state index in [2.05, 4.69) is 5.43 Å². The average molecular weight is 190 g/mol. The molecule has 1 aromatic rings. The second-order valence-corrected chi connectivity index (χ2v) is 3.54. The van der Waals surface area contributed by atoms with Crippen LogP contribution in [0.2, 0.25) is 0 Å². The van der Waals surface area contributed by atoms with E-state index in [9.17, 15) is 4.79 Å².